The molecule has 0 aliphatic rings. The molecular weight excluding hydrogens is 430 g/mol. The highest BCUT2D eigenvalue weighted by molar-refractivity contribution is 7.98. The van der Waals surface area contributed by atoms with E-state index in [4.69, 9.17) is 4.74 Å². The molecule has 0 unspecified atom stereocenters. The molecule has 0 aliphatic heterocycles. The summed E-state index contributed by atoms with van der Waals surface area (Å²) >= 11 is 3.00. The predicted octanol–water partition coefficient (Wildman–Crippen LogP) is 4.92. The van der Waals surface area contributed by atoms with Crippen molar-refractivity contribution in [3.63, 3.8) is 0 Å². The molecule has 0 saturated carbocycles. The van der Waals surface area contributed by atoms with Gasteiger partial charge in [0.25, 0.3) is 0 Å². The lowest BCUT2D eigenvalue weighted by Gasteiger charge is -2.17. The molecule has 31 heavy (non-hydrogen) atoms. The quantitative estimate of drug-likeness (QED) is 0.371. The fraction of sp³-hybridized carbons (Fsp3) is 0.182. The third-order valence-electron chi connectivity index (χ3n) is 4.59. The van der Waals surface area contributed by atoms with Crippen LogP contribution < -0.4 is 9.64 Å². The molecule has 1 amide bonds. The summed E-state index contributed by atoms with van der Waals surface area (Å²) in [4.78, 5) is 18.5. The van der Waals surface area contributed by atoms with Crippen LogP contribution in [0.5, 0.6) is 5.75 Å². The van der Waals surface area contributed by atoms with Crippen molar-refractivity contribution in [3.8, 4) is 17.1 Å². The minimum absolute atomic E-state index is 0.0745. The summed E-state index contributed by atoms with van der Waals surface area (Å²) in [5.41, 5.74) is 2.58. The summed E-state index contributed by atoms with van der Waals surface area (Å²) in [5, 5.41) is 12.1. The van der Waals surface area contributed by atoms with Crippen LogP contribution in [-0.2, 0) is 17.6 Å². The molecule has 2 heterocycles. The van der Waals surface area contributed by atoms with E-state index >= 15 is 0 Å². The van der Waals surface area contributed by atoms with Crippen molar-refractivity contribution in [1.29, 1.82) is 0 Å². The average Bonchev–Trinajstić information content (AvgIpc) is 3.39. The normalized spacial score (nSPS) is 10.8. The SMILES string of the molecule is COc1ccccc1-c1nnc(SCc2csc(N(C(C)=O)c3ccccc3)n2)n1C. The van der Waals surface area contributed by atoms with Crippen molar-refractivity contribution in [1.82, 2.24) is 19.7 Å². The number of rotatable bonds is 7. The van der Waals surface area contributed by atoms with E-state index in [0.29, 0.717) is 10.9 Å². The molecule has 0 saturated heterocycles. The molecular formula is C22H21N5O2S2. The third-order valence-corrected chi connectivity index (χ3v) is 6.52. The van der Waals surface area contributed by atoms with Crippen molar-refractivity contribution in [2.45, 2.75) is 17.8 Å². The Morgan fingerprint density at radius 3 is 2.61 bits per heavy atom. The molecule has 9 heteroatoms. The number of nitrogens with zero attached hydrogens (tertiary/aromatic N) is 5. The van der Waals surface area contributed by atoms with Crippen molar-refractivity contribution >= 4 is 39.8 Å². The third kappa shape index (κ3) is 4.47. The summed E-state index contributed by atoms with van der Waals surface area (Å²) < 4.78 is 7.39. The van der Waals surface area contributed by atoms with Gasteiger partial charge in [0.05, 0.1) is 24.1 Å². The van der Waals surface area contributed by atoms with E-state index in [2.05, 4.69) is 15.2 Å². The van der Waals surface area contributed by atoms with Gasteiger partial charge in [-0.3, -0.25) is 9.69 Å². The minimum atomic E-state index is -0.0745. The first-order chi connectivity index (χ1) is 15.1. The van der Waals surface area contributed by atoms with Gasteiger partial charge in [-0.05, 0) is 24.3 Å². The molecule has 0 bridgehead atoms. The van der Waals surface area contributed by atoms with Gasteiger partial charge in [-0.15, -0.1) is 21.5 Å². The van der Waals surface area contributed by atoms with Gasteiger partial charge in [-0.25, -0.2) is 4.98 Å². The van der Waals surface area contributed by atoms with Gasteiger partial charge >= 0.3 is 0 Å². The number of amides is 1. The molecule has 0 fully saturated rings. The number of para-hydroxylation sites is 2. The first-order valence-electron chi connectivity index (χ1n) is 9.54. The molecule has 2 aromatic carbocycles. The second-order valence-electron chi connectivity index (χ2n) is 6.67. The standard InChI is InChI=1S/C22H21N5O2S2/c1-15(28)27(17-9-5-4-6-10-17)21-23-16(13-30-21)14-31-22-25-24-20(26(22)2)18-11-7-8-12-19(18)29-3/h4-13H,14H2,1-3H3. The lowest BCUT2D eigenvalue weighted by atomic mass is 10.2. The number of methoxy groups -OCH3 is 1. The maximum Gasteiger partial charge on any atom is 0.230 e. The van der Waals surface area contributed by atoms with Gasteiger partial charge in [0, 0.05) is 25.1 Å². The summed E-state index contributed by atoms with van der Waals surface area (Å²) in [6.45, 7) is 1.54. The van der Waals surface area contributed by atoms with Gasteiger partial charge in [-0.1, -0.05) is 42.1 Å². The Morgan fingerprint density at radius 2 is 1.87 bits per heavy atom. The monoisotopic (exact) mass is 451 g/mol. The molecule has 0 aliphatic carbocycles. The maximum absolute atomic E-state index is 12.2. The highest BCUT2D eigenvalue weighted by atomic mass is 32.2. The van der Waals surface area contributed by atoms with E-state index in [1.807, 2.05) is 71.6 Å². The Morgan fingerprint density at radius 1 is 1.13 bits per heavy atom. The topological polar surface area (TPSA) is 73.1 Å². The van der Waals surface area contributed by atoms with Gasteiger partial charge in [0.15, 0.2) is 16.1 Å². The molecule has 4 aromatic rings. The number of aromatic nitrogens is 4. The van der Waals surface area contributed by atoms with Crippen molar-refractivity contribution < 1.29 is 9.53 Å². The van der Waals surface area contributed by atoms with Crippen LogP contribution in [0.2, 0.25) is 0 Å². The van der Waals surface area contributed by atoms with Crippen LogP contribution in [0, 0.1) is 0 Å². The van der Waals surface area contributed by atoms with Gasteiger partial charge in [0.2, 0.25) is 5.91 Å². The average molecular weight is 452 g/mol. The summed E-state index contributed by atoms with van der Waals surface area (Å²) in [5.74, 6) is 2.04. The lowest BCUT2D eigenvalue weighted by molar-refractivity contribution is -0.115. The molecule has 0 atom stereocenters. The van der Waals surface area contributed by atoms with E-state index in [0.717, 1.165) is 33.7 Å². The van der Waals surface area contributed by atoms with Gasteiger partial charge < -0.3 is 9.30 Å². The Labute approximate surface area is 188 Å². The van der Waals surface area contributed by atoms with E-state index < -0.39 is 0 Å². The fourth-order valence-electron chi connectivity index (χ4n) is 3.11. The molecule has 0 spiro atoms. The maximum atomic E-state index is 12.2. The molecule has 0 radical (unpaired) electrons. The highest BCUT2D eigenvalue weighted by Crippen LogP contribution is 2.33. The number of ether oxygens (including phenoxy) is 1. The highest BCUT2D eigenvalue weighted by Gasteiger charge is 2.19. The van der Waals surface area contributed by atoms with Crippen LogP contribution in [0.3, 0.4) is 0 Å². The van der Waals surface area contributed by atoms with Crippen molar-refractivity contribution in [2.75, 3.05) is 12.0 Å². The number of hydrogen-bond donors (Lipinski definition) is 0. The lowest BCUT2D eigenvalue weighted by Crippen LogP contribution is -2.22. The first kappa shape index (κ1) is 21.1. The van der Waals surface area contributed by atoms with Crippen LogP contribution in [0.4, 0.5) is 10.8 Å². The van der Waals surface area contributed by atoms with E-state index in [-0.39, 0.29) is 5.91 Å². The molecule has 0 N–H and O–H groups in total. The van der Waals surface area contributed by atoms with Crippen molar-refractivity contribution in [3.05, 3.63) is 65.7 Å². The summed E-state index contributed by atoms with van der Waals surface area (Å²) in [6, 6.07) is 17.3. The van der Waals surface area contributed by atoms with Crippen LogP contribution in [0.15, 0.2) is 65.1 Å². The zero-order valence-corrected chi connectivity index (χ0v) is 19.0. The zero-order valence-electron chi connectivity index (χ0n) is 17.3. The largest absolute Gasteiger partial charge is 0.496 e. The van der Waals surface area contributed by atoms with Crippen LogP contribution in [0.1, 0.15) is 12.6 Å². The van der Waals surface area contributed by atoms with E-state index in [1.165, 1.54) is 11.3 Å². The Balaban J connectivity index is 1.51. The number of anilines is 2. The Kier molecular flexibility index (Phi) is 6.34. The van der Waals surface area contributed by atoms with Crippen LogP contribution >= 0.6 is 23.1 Å². The number of thioether (sulfide) groups is 1. The van der Waals surface area contributed by atoms with Crippen LogP contribution in [0.25, 0.3) is 11.4 Å². The van der Waals surface area contributed by atoms with Crippen molar-refractivity contribution in [2.24, 2.45) is 7.05 Å². The van der Waals surface area contributed by atoms with Gasteiger partial charge in [-0.2, -0.15) is 0 Å². The number of hydrogen-bond acceptors (Lipinski definition) is 7. The fourth-order valence-corrected chi connectivity index (χ4v) is 4.91. The molecule has 7 nitrogen and oxygen atoms in total. The minimum Gasteiger partial charge on any atom is -0.496 e. The molecule has 4 rings (SSSR count). The summed E-state index contributed by atoms with van der Waals surface area (Å²) in [6.07, 6.45) is 0. The second kappa shape index (κ2) is 9.32. The summed E-state index contributed by atoms with van der Waals surface area (Å²) in [7, 11) is 3.58. The van der Waals surface area contributed by atoms with Crippen LogP contribution in [-0.4, -0.2) is 32.8 Å². The number of carbonyl (C=O) groups is 1. The Hall–Kier alpha value is -3.17. The number of thiazole rings is 1. The van der Waals surface area contributed by atoms with Gasteiger partial charge in [0.1, 0.15) is 5.75 Å². The smallest absolute Gasteiger partial charge is 0.230 e. The van der Waals surface area contributed by atoms with E-state index in [9.17, 15) is 4.79 Å². The zero-order chi connectivity index (χ0) is 21.8. The second-order valence-corrected chi connectivity index (χ2v) is 8.44. The predicted molar refractivity (Wildman–Crippen MR) is 124 cm³/mol. The van der Waals surface area contributed by atoms with E-state index in [1.54, 1.807) is 30.7 Å². The Bertz CT molecular complexity index is 1190. The number of benzene rings is 2. The number of carbonyl (C=O) groups excluding carboxylic acids is 1. The molecule has 2 aromatic heterocycles. The molecule has 158 valence electrons. The first-order valence-corrected chi connectivity index (χ1v) is 11.4.